The van der Waals surface area contributed by atoms with E-state index in [9.17, 15) is 29.7 Å². The smallest absolute Gasteiger partial charge is 0.306 e. The maximum atomic E-state index is 13.2. The predicted octanol–water partition coefficient (Wildman–Crippen LogP) is 12.0. The summed E-state index contributed by atoms with van der Waals surface area (Å²) in [4.78, 5) is 37.8. The van der Waals surface area contributed by atoms with E-state index in [-0.39, 0.29) is 36.8 Å². The first kappa shape index (κ1) is 53.4. The van der Waals surface area contributed by atoms with Crippen molar-refractivity contribution in [1.29, 1.82) is 0 Å². The summed E-state index contributed by atoms with van der Waals surface area (Å²) in [7, 11) is 0. The van der Waals surface area contributed by atoms with Crippen molar-refractivity contribution in [3.05, 3.63) is 107 Å². The Bertz CT molecular complexity index is 1600. The minimum atomic E-state index is -1.47. The Balaban J connectivity index is 2.68. The van der Waals surface area contributed by atoms with Gasteiger partial charge in [0.25, 0.3) is 0 Å². The molecular formula is C52H80O7. The second-order valence-corrected chi connectivity index (χ2v) is 18.4. The number of carbonyl (C=O) groups excluding carboxylic acids is 3. The fraction of sp³-hybridized carbons (Fsp3) is 0.596. The SMILES string of the molecule is CCCCCCCCCCCC(=O)O[C@H](CC(C)=O)CC(C)(C)C(=O)/C=C/C(C)=C/C=C/C(C)=C/C=C/C=C(C)/C=C/C=C(C)/C=C/[C@]1(O)C(C)(C)C[C@H](O)C[C@@]1(C)O. The summed E-state index contributed by atoms with van der Waals surface area (Å²) in [5.74, 6) is -0.453. The Morgan fingerprint density at radius 2 is 1.15 bits per heavy atom. The molecule has 0 aromatic rings. The van der Waals surface area contributed by atoms with Crippen molar-refractivity contribution in [3.8, 4) is 0 Å². The Labute approximate surface area is 358 Å². The molecule has 1 aliphatic carbocycles. The van der Waals surface area contributed by atoms with E-state index in [2.05, 4.69) is 6.92 Å². The van der Waals surface area contributed by atoms with Gasteiger partial charge in [-0.2, -0.15) is 0 Å². The third-order valence-electron chi connectivity index (χ3n) is 11.3. The molecule has 0 aromatic heterocycles. The van der Waals surface area contributed by atoms with Crippen molar-refractivity contribution >= 4 is 17.5 Å². The normalized spacial score (nSPS) is 23.1. The van der Waals surface area contributed by atoms with E-state index in [1.54, 1.807) is 25.2 Å². The molecule has 1 rings (SSSR count). The summed E-state index contributed by atoms with van der Waals surface area (Å²) in [6.45, 7) is 20.6. The van der Waals surface area contributed by atoms with Gasteiger partial charge in [0.15, 0.2) is 5.78 Å². The lowest BCUT2D eigenvalue weighted by Crippen LogP contribution is -2.65. The summed E-state index contributed by atoms with van der Waals surface area (Å²) in [5, 5.41) is 32.6. The Morgan fingerprint density at radius 3 is 1.66 bits per heavy atom. The fourth-order valence-corrected chi connectivity index (χ4v) is 7.56. The van der Waals surface area contributed by atoms with Crippen molar-refractivity contribution in [2.45, 2.75) is 189 Å². The summed E-state index contributed by atoms with van der Waals surface area (Å²) in [5.41, 5.74) is -0.478. The summed E-state index contributed by atoms with van der Waals surface area (Å²) >= 11 is 0. The van der Waals surface area contributed by atoms with Crippen LogP contribution in [0.25, 0.3) is 0 Å². The van der Waals surface area contributed by atoms with Crippen LogP contribution in [0.15, 0.2) is 107 Å². The van der Waals surface area contributed by atoms with Crippen molar-refractivity contribution in [3.63, 3.8) is 0 Å². The highest BCUT2D eigenvalue weighted by atomic mass is 16.5. The second-order valence-electron chi connectivity index (χ2n) is 18.4. The van der Waals surface area contributed by atoms with Gasteiger partial charge in [-0.3, -0.25) is 14.4 Å². The van der Waals surface area contributed by atoms with Crippen LogP contribution in [-0.2, 0) is 19.1 Å². The molecule has 7 nitrogen and oxygen atoms in total. The molecule has 0 aliphatic heterocycles. The first-order valence-electron chi connectivity index (χ1n) is 22.0. The van der Waals surface area contributed by atoms with Crippen LogP contribution in [0.2, 0.25) is 0 Å². The Morgan fingerprint density at radius 1 is 0.678 bits per heavy atom. The molecule has 0 aromatic carbocycles. The third kappa shape index (κ3) is 20.9. The molecule has 59 heavy (non-hydrogen) atoms. The number of aliphatic hydroxyl groups excluding tert-OH is 1. The number of ketones is 2. The van der Waals surface area contributed by atoms with Gasteiger partial charge in [0.1, 0.15) is 17.5 Å². The summed E-state index contributed by atoms with van der Waals surface area (Å²) in [6.07, 6.45) is 37.0. The van der Waals surface area contributed by atoms with Crippen LogP contribution >= 0.6 is 0 Å². The van der Waals surface area contributed by atoms with Gasteiger partial charge < -0.3 is 20.1 Å². The molecule has 0 amide bonds. The van der Waals surface area contributed by atoms with Gasteiger partial charge in [-0.15, -0.1) is 0 Å². The maximum Gasteiger partial charge on any atom is 0.306 e. The van der Waals surface area contributed by atoms with Crippen LogP contribution in [0.4, 0.5) is 0 Å². The van der Waals surface area contributed by atoms with E-state index in [0.717, 1.165) is 41.6 Å². The zero-order chi connectivity index (χ0) is 44.7. The first-order chi connectivity index (χ1) is 27.5. The minimum absolute atomic E-state index is 0.0686. The van der Waals surface area contributed by atoms with Crippen LogP contribution in [0.1, 0.15) is 166 Å². The number of aliphatic hydroxyl groups is 3. The predicted molar refractivity (Wildman–Crippen MR) is 246 cm³/mol. The highest BCUT2D eigenvalue weighted by molar-refractivity contribution is 5.94. The van der Waals surface area contributed by atoms with Gasteiger partial charge in [0, 0.05) is 30.1 Å². The van der Waals surface area contributed by atoms with Gasteiger partial charge in [-0.1, -0.05) is 181 Å². The first-order valence-corrected chi connectivity index (χ1v) is 22.0. The molecule has 0 heterocycles. The fourth-order valence-electron chi connectivity index (χ4n) is 7.56. The second kappa shape index (κ2) is 26.5. The third-order valence-corrected chi connectivity index (χ3v) is 11.3. The zero-order valence-corrected chi connectivity index (χ0v) is 38.6. The lowest BCUT2D eigenvalue weighted by atomic mass is 9.57. The van der Waals surface area contributed by atoms with E-state index >= 15 is 0 Å². The number of rotatable bonds is 26. The van der Waals surface area contributed by atoms with Gasteiger partial charge in [0.05, 0.1) is 11.7 Å². The molecule has 0 unspecified atom stereocenters. The van der Waals surface area contributed by atoms with E-state index < -0.39 is 34.2 Å². The molecule has 3 N–H and O–H groups in total. The highest BCUT2D eigenvalue weighted by Gasteiger charge is 2.58. The highest BCUT2D eigenvalue weighted by Crippen LogP contribution is 2.50. The van der Waals surface area contributed by atoms with Crippen LogP contribution in [0, 0.1) is 10.8 Å². The van der Waals surface area contributed by atoms with Crippen molar-refractivity contribution in [2.75, 3.05) is 0 Å². The zero-order valence-electron chi connectivity index (χ0n) is 38.6. The van der Waals surface area contributed by atoms with Crippen molar-refractivity contribution in [1.82, 2.24) is 0 Å². The van der Waals surface area contributed by atoms with Crippen LogP contribution in [-0.4, -0.2) is 56.3 Å². The number of hydrogen-bond acceptors (Lipinski definition) is 7. The monoisotopic (exact) mass is 817 g/mol. The average Bonchev–Trinajstić information content (AvgIpc) is 3.12. The summed E-state index contributed by atoms with van der Waals surface area (Å²) < 4.78 is 5.73. The maximum absolute atomic E-state index is 13.2. The number of esters is 1. The van der Waals surface area contributed by atoms with Gasteiger partial charge in [-0.25, -0.2) is 0 Å². The number of ether oxygens (including phenoxy) is 1. The molecule has 0 spiro atoms. The lowest BCUT2D eigenvalue weighted by molar-refractivity contribution is -0.216. The van der Waals surface area contributed by atoms with E-state index in [0.29, 0.717) is 12.8 Å². The minimum Gasteiger partial charge on any atom is -0.462 e. The van der Waals surface area contributed by atoms with Crippen LogP contribution in [0.5, 0.6) is 0 Å². The molecule has 7 heteroatoms. The van der Waals surface area contributed by atoms with E-state index in [1.165, 1.54) is 45.4 Å². The molecule has 1 aliphatic rings. The number of carbonyl (C=O) groups is 3. The molecule has 330 valence electrons. The lowest BCUT2D eigenvalue weighted by Gasteiger charge is -2.54. The molecule has 0 radical (unpaired) electrons. The number of unbranched alkanes of at least 4 members (excludes halogenated alkanes) is 8. The number of Topliss-reactive ketones (excluding diaryl/α,β-unsaturated/α-hetero) is 1. The van der Waals surface area contributed by atoms with Crippen molar-refractivity contribution < 1.29 is 34.4 Å². The van der Waals surface area contributed by atoms with Crippen molar-refractivity contribution in [2.24, 2.45) is 10.8 Å². The molecule has 0 bridgehead atoms. The molecular weight excluding hydrogens is 737 g/mol. The van der Waals surface area contributed by atoms with E-state index in [4.69, 9.17) is 4.74 Å². The molecule has 1 saturated carbocycles. The molecule has 4 atom stereocenters. The quantitative estimate of drug-likeness (QED) is 0.0344. The topological polar surface area (TPSA) is 121 Å². The summed E-state index contributed by atoms with van der Waals surface area (Å²) in [6, 6.07) is 0. The standard InChI is InChI=1S/C52H80O7/c1-12-13-14-15-16-17-18-19-20-31-48(56)59-46(36-44(6)53)39-49(7,8)47(55)33-32-42(4)29-23-27-40(2)25-21-22-26-41(3)28-24-30-43(5)34-35-52(58)50(9,10)37-45(54)38-51(52,11)57/h21-30,32-35,45-46,54,57-58H,12-20,31,36-39H2,1-11H3/b22-21+,27-23+,28-24+,33-32+,35-34+,40-25+,41-26+,42-29+,43-30+/t45-,46+,51+,52-/m0/s1. The molecule has 0 saturated heterocycles. The van der Waals surface area contributed by atoms with E-state index in [1.807, 2.05) is 122 Å². The average molecular weight is 817 g/mol. The number of hydrogen-bond donors (Lipinski definition) is 3. The van der Waals surface area contributed by atoms with Gasteiger partial charge in [0.2, 0.25) is 0 Å². The Hall–Kier alpha value is -3.65. The largest absolute Gasteiger partial charge is 0.462 e. The van der Waals surface area contributed by atoms with Gasteiger partial charge in [-0.05, 0) is 73.0 Å². The number of allylic oxidation sites excluding steroid dienone is 17. The van der Waals surface area contributed by atoms with Crippen LogP contribution < -0.4 is 0 Å². The van der Waals surface area contributed by atoms with Crippen LogP contribution in [0.3, 0.4) is 0 Å². The van der Waals surface area contributed by atoms with Gasteiger partial charge >= 0.3 is 5.97 Å². The Kier molecular flexibility index (Phi) is 24.0. The molecule has 1 fully saturated rings.